The Bertz CT molecular complexity index is 430. The van der Waals surface area contributed by atoms with Crippen molar-refractivity contribution in [3.63, 3.8) is 0 Å². The number of carbonyl (C=O) groups excluding carboxylic acids is 1. The van der Waals surface area contributed by atoms with E-state index in [0.29, 0.717) is 22.9 Å². The summed E-state index contributed by atoms with van der Waals surface area (Å²) in [6.07, 6.45) is 4.77. The molecule has 19 heavy (non-hydrogen) atoms. The molecule has 0 saturated heterocycles. The molecule has 1 saturated carbocycles. The van der Waals surface area contributed by atoms with Gasteiger partial charge in [0.05, 0.1) is 6.42 Å². The molecule has 1 fully saturated rings. The highest BCUT2D eigenvalue weighted by Gasteiger charge is 2.19. The number of amides is 1. The first kappa shape index (κ1) is 14.5. The monoisotopic (exact) mass is 327 g/mol. The molecular weight excluding hydrogens is 309 g/mol. The van der Waals surface area contributed by atoms with Crippen molar-refractivity contribution in [1.82, 2.24) is 5.32 Å². The number of hydrogen-bond donors (Lipinski definition) is 1. The summed E-state index contributed by atoms with van der Waals surface area (Å²) in [7, 11) is 0. The normalized spacial score (nSPS) is 23.1. The molecule has 0 aromatic heterocycles. The molecule has 104 valence electrons. The minimum absolute atomic E-state index is 0.0916. The van der Waals surface area contributed by atoms with Crippen molar-refractivity contribution in [2.75, 3.05) is 6.54 Å². The minimum Gasteiger partial charge on any atom is -0.356 e. The van der Waals surface area contributed by atoms with E-state index in [-0.39, 0.29) is 18.1 Å². The van der Waals surface area contributed by atoms with Crippen molar-refractivity contribution >= 4 is 21.8 Å². The van der Waals surface area contributed by atoms with Crippen LogP contribution >= 0.6 is 15.9 Å². The fraction of sp³-hybridized carbons (Fsp3) is 0.533. The van der Waals surface area contributed by atoms with Crippen LogP contribution in [0.25, 0.3) is 0 Å². The zero-order chi connectivity index (χ0) is 13.7. The smallest absolute Gasteiger partial charge is 0.224 e. The first-order chi connectivity index (χ1) is 9.15. The Balaban J connectivity index is 1.74. The van der Waals surface area contributed by atoms with E-state index in [9.17, 15) is 9.18 Å². The summed E-state index contributed by atoms with van der Waals surface area (Å²) in [5.41, 5.74) is 0.462. The van der Waals surface area contributed by atoms with Crippen molar-refractivity contribution in [3.8, 4) is 0 Å². The molecule has 0 spiro atoms. The Hall–Kier alpha value is -0.900. The van der Waals surface area contributed by atoms with Gasteiger partial charge in [0.25, 0.3) is 0 Å². The zero-order valence-electron chi connectivity index (χ0n) is 10.9. The summed E-state index contributed by atoms with van der Waals surface area (Å²) >= 11 is 3.62. The van der Waals surface area contributed by atoms with Gasteiger partial charge in [-0.3, -0.25) is 4.79 Å². The number of halogens is 2. The average Bonchev–Trinajstić information content (AvgIpc) is 2.41. The summed E-state index contributed by atoms with van der Waals surface area (Å²) in [6.45, 7) is 0.715. The molecule has 1 aromatic carbocycles. The van der Waals surface area contributed by atoms with Crippen molar-refractivity contribution in [1.29, 1.82) is 0 Å². The van der Waals surface area contributed by atoms with Crippen molar-refractivity contribution in [2.24, 2.45) is 5.92 Å². The second-order valence-corrected chi connectivity index (χ2v) is 6.49. The number of carbonyl (C=O) groups is 1. The summed E-state index contributed by atoms with van der Waals surface area (Å²) < 4.78 is 13.4. The third-order valence-corrected chi connectivity index (χ3v) is 4.59. The molecule has 1 N–H and O–H groups in total. The zero-order valence-corrected chi connectivity index (χ0v) is 12.5. The molecule has 0 bridgehead atoms. The fourth-order valence-corrected chi connectivity index (χ4v) is 2.99. The topological polar surface area (TPSA) is 29.1 Å². The Morgan fingerprint density at radius 2 is 1.95 bits per heavy atom. The van der Waals surface area contributed by atoms with Crippen LogP contribution in [0.5, 0.6) is 0 Å². The molecule has 1 amide bonds. The molecule has 0 heterocycles. The molecule has 2 rings (SSSR count). The first-order valence-electron chi connectivity index (χ1n) is 6.79. The molecule has 0 aliphatic heterocycles. The molecule has 0 atom stereocenters. The van der Waals surface area contributed by atoms with Crippen LogP contribution in [0.4, 0.5) is 4.39 Å². The van der Waals surface area contributed by atoms with Gasteiger partial charge < -0.3 is 5.32 Å². The van der Waals surface area contributed by atoms with Gasteiger partial charge in [-0.05, 0) is 43.2 Å². The molecule has 1 aromatic rings. The van der Waals surface area contributed by atoms with Crippen molar-refractivity contribution < 1.29 is 9.18 Å². The van der Waals surface area contributed by atoms with Gasteiger partial charge in [0.2, 0.25) is 5.91 Å². The molecular formula is C15H19BrFNO. The Morgan fingerprint density at radius 1 is 1.26 bits per heavy atom. The molecule has 1 aliphatic carbocycles. The minimum atomic E-state index is -0.308. The summed E-state index contributed by atoms with van der Waals surface area (Å²) in [6, 6.07) is 6.43. The van der Waals surface area contributed by atoms with Crippen molar-refractivity contribution in [3.05, 3.63) is 35.6 Å². The van der Waals surface area contributed by atoms with Gasteiger partial charge in [0.1, 0.15) is 5.82 Å². The molecule has 4 heteroatoms. The SMILES string of the molecule is O=C(Cc1ccccc1F)NCC1CCC(Br)CC1. The number of alkyl halides is 1. The lowest BCUT2D eigenvalue weighted by molar-refractivity contribution is -0.120. The maximum absolute atomic E-state index is 13.4. The Labute approximate surface area is 121 Å². The Morgan fingerprint density at radius 3 is 2.63 bits per heavy atom. The van der Waals surface area contributed by atoms with E-state index in [1.54, 1.807) is 18.2 Å². The van der Waals surface area contributed by atoms with Crippen LogP contribution in [0, 0.1) is 11.7 Å². The van der Waals surface area contributed by atoms with Crippen molar-refractivity contribution in [2.45, 2.75) is 36.9 Å². The predicted octanol–water partition coefficient (Wildman–Crippen LogP) is 3.44. The van der Waals surface area contributed by atoms with Gasteiger partial charge in [-0.15, -0.1) is 0 Å². The molecule has 0 radical (unpaired) electrons. The van der Waals surface area contributed by atoms with E-state index in [0.717, 1.165) is 12.8 Å². The average molecular weight is 328 g/mol. The molecule has 0 unspecified atom stereocenters. The largest absolute Gasteiger partial charge is 0.356 e. The van der Waals surface area contributed by atoms with E-state index in [1.807, 2.05) is 0 Å². The lowest BCUT2D eigenvalue weighted by atomic mass is 9.89. The van der Waals surface area contributed by atoms with Gasteiger partial charge in [0.15, 0.2) is 0 Å². The van der Waals surface area contributed by atoms with Crippen LogP contribution in [-0.2, 0) is 11.2 Å². The van der Waals surface area contributed by atoms with Gasteiger partial charge in [-0.1, -0.05) is 34.1 Å². The second-order valence-electron chi connectivity index (χ2n) is 5.19. The van der Waals surface area contributed by atoms with Crippen LogP contribution in [0.1, 0.15) is 31.2 Å². The highest BCUT2D eigenvalue weighted by molar-refractivity contribution is 9.09. The summed E-state index contributed by atoms with van der Waals surface area (Å²) in [5.74, 6) is 0.168. The van der Waals surface area contributed by atoms with E-state index < -0.39 is 0 Å². The van der Waals surface area contributed by atoms with E-state index in [4.69, 9.17) is 0 Å². The quantitative estimate of drug-likeness (QED) is 0.843. The standard InChI is InChI=1S/C15H19BrFNO/c16-13-7-5-11(6-8-13)10-18-15(19)9-12-3-1-2-4-14(12)17/h1-4,11,13H,5-10H2,(H,18,19). The highest BCUT2D eigenvalue weighted by Crippen LogP contribution is 2.28. The van der Waals surface area contributed by atoms with Crippen LogP contribution in [0.3, 0.4) is 0 Å². The maximum Gasteiger partial charge on any atom is 0.224 e. The molecule has 2 nitrogen and oxygen atoms in total. The van der Waals surface area contributed by atoms with Gasteiger partial charge in [-0.25, -0.2) is 4.39 Å². The van der Waals surface area contributed by atoms with Crippen LogP contribution in [0.15, 0.2) is 24.3 Å². The third-order valence-electron chi connectivity index (χ3n) is 3.67. The predicted molar refractivity (Wildman–Crippen MR) is 77.8 cm³/mol. The van der Waals surface area contributed by atoms with Crippen LogP contribution < -0.4 is 5.32 Å². The first-order valence-corrected chi connectivity index (χ1v) is 7.71. The number of hydrogen-bond acceptors (Lipinski definition) is 1. The number of rotatable bonds is 4. The lowest BCUT2D eigenvalue weighted by Gasteiger charge is -2.25. The Kier molecular flexibility index (Phi) is 5.37. The van der Waals surface area contributed by atoms with Gasteiger partial charge in [0, 0.05) is 11.4 Å². The maximum atomic E-state index is 13.4. The highest BCUT2D eigenvalue weighted by atomic mass is 79.9. The summed E-state index contributed by atoms with van der Waals surface area (Å²) in [4.78, 5) is 12.4. The van der Waals surface area contributed by atoms with Crippen LogP contribution in [0.2, 0.25) is 0 Å². The van der Waals surface area contributed by atoms with E-state index >= 15 is 0 Å². The third kappa shape index (κ3) is 4.60. The van der Waals surface area contributed by atoms with E-state index in [1.165, 1.54) is 18.9 Å². The van der Waals surface area contributed by atoms with E-state index in [2.05, 4.69) is 21.2 Å². The molecule has 1 aliphatic rings. The van der Waals surface area contributed by atoms with Crippen LogP contribution in [-0.4, -0.2) is 17.3 Å². The lowest BCUT2D eigenvalue weighted by Crippen LogP contribution is -2.32. The van der Waals surface area contributed by atoms with Gasteiger partial charge >= 0.3 is 0 Å². The van der Waals surface area contributed by atoms with Gasteiger partial charge in [-0.2, -0.15) is 0 Å². The number of benzene rings is 1. The second kappa shape index (κ2) is 7.04. The fourth-order valence-electron chi connectivity index (χ4n) is 2.46. The summed E-state index contributed by atoms with van der Waals surface area (Å²) in [5, 5.41) is 2.92. The number of nitrogens with one attached hydrogen (secondary N) is 1.